The molecule has 1 aliphatic heterocycles. The van der Waals surface area contributed by atoms with E-state index in [1.54, 1.807) is 0 Å². The summed E-state index contributed by atoms with van der Waals surface area (Å²) in [5.74, 6) is 0.960. The van der Waals surface area contributed by atoms with Gasteiger partial charge in [-0.1, -0.05) is 0 Å². The highest BCUT2D eigenvalue weighted by molar-refractivity contribution is 9.10. The second-order valence-corrected chi connectivity index (χ2v) is 5.41. The van der Waals surface area contributed by atoms with Gasteiger partial charge in [0.25, 0.3) is 0 Å². The molecule has 0 saturated carbocycles. The molecule has 0 amide bonds. The van der Waals surface area contributed by atoms with Gasteiger partial charge >= 0.3 is 0 Å². The van der Waals surface area contributed by atoms with Crippen molar-refractivity contribution in [1.82, 2.24) is 14.7 Å². The first-order chi connectivity index (χ1) is 8.79. The Labute approximate surface area is 114 Å². The Bertz CT molecular complexity index is 620. The number of halogens is 1. The monoisotopic (exact) mass is 304 g/mol. The van der Waals surface area contributed by atoms with Crippen LogP contribution in [0.2, 0.25) is 0 Å². The lowest BCUT2D eigenvalue weighted by Crippen LogP contribution is -2.24. The zero-order chi connectivity index (χ0) is 12.5. The molecule has 1 N–H and O–H groups in total. The van der Waals surface area contributed by atoms with Gasteiger partial charge < -0.3 is 9.72 Å². The molecule has 0 bridgehead atoms. The molecule has 2 aromatic rings. The molecule has 1 unspecified atom stereocenters. The van der Waals surface area contributed by atoms with Crippen LogP contribution in [0, 0.1) is 11.3 Å². The second-order valence-electron chi connectivity index (χ2n) is 4.56. The molecule has 3 rings (SSSR count). The van der Waals surface area contributed by atoms with Gasteiger partial charge in [-0.3, -0.25) is 0 Å². The molecule has 0 spiro atoms. The van der Waals surface area contributed by atoms with Gasteiger partial charge in [-0.05, 0) is 47.4 Å². The molecule has 5 heteroatoms. The number of nitrogens with zero attached hydrogens (tertiary/aromatic N) is 3. The van der Waals surface area contributed by atoms with Gasteiger partial charge in [0.1, 0.15) is 11.9 Å². The van der Waals surface area contributed by atoms with Gasteiger partial charge in [0.05, 0.1) is 5.52 Å². The van der Waals surface area contributed by atoms with Crippen LogP contribution in [0.1, 0.15) is 24.4 Å². The average Bonchev–Trinajstić information content (AvgIpc) is 2.99. The Morgan fingerprint density at radius 2 is 2.50 bits per heavy atom. The normalized spacial score (nSPS) is 19.2. The molecule has 92 valence electrons. The Hall–Kier alpha value is -1.38. The third kappa shape index (κ3) is 1.92. The SMILES string of the molecule is N#Cc1nc(CC2CCCN2)n2cccc(Br)c12. The number of hydrogen-bond acceptors (Lipinski definition) is 3. The van der Waals surface area contributed by atoms with Crippen molar-refractivity contribution in [3.05, 3.63) is 34.3 Å². The Kier molecular flexibility index (Phi) is 3.06. The third-order valence-electron chi connectivity index (χ3n) is 3.39. The van der Waals surface area contributed by atoms with E-state index in [1.807, 2.05) is 22.7 Å². The zero-order valence-electron chi connectivity index (χ0n) is 9.86. The summed E-state index contributed by atoms with van der Waals surface area (Å²) in [4.78, 5) is 4.46. The van der Waals surface area contributed by atoms with Crippen LogP contribution in [0.4, 0.5) is 0 Å². The summed E-state index contributed by atoms with van der Waals surface area (Å²) in [6.07, 6.45) is 5.26. The van der Waals surface area contributed by atoms with Crippen molar-refractivity contribution in [3.8, 4) is 6.07 Å². The molecule has 4 nitrogen and oxygen atoms in total. The topological polar surface area (TPSA) is 53.1 Å². The second kappa shape index (κ2) is 4.71. The number of rotatable bonds is 2. The number of hydrogen-bond donors (Lipinski definition) is 1. The minimum absolute atomic E-state index is 0.487. The molecule has 1 aliphatic rings. The average molecular weight is 305 g/mol. The van der Waals surface area contributed by atoms with Gasteiger partial charge in [0, 0.05) is 23.1 Å². The quantitative estimate of drug-likeness (QED) is 0.926. The summed E-state index contributed by atoms with van der Waals surface area (Å²) in [5, 5.41) is 12.6. The Morgan fingerprint density at radius 3 is 3.22 bits per heavy atom. The summed E-state index contributed by atoms with van der Waals surface area (Å²) in [5.41, 5.74) is 1.36. The maximum absolute atomic E-state index is 9.17. The standard InChI is InChI=1S/C13H13BrN4/c14-10-4-2-6-18-12(7-9-3-1-5-16-9)17-11(8-15)13(10)18/h2,4,6,9,16H,1,3,5,7H2. The van der Waals surface area contributed by atoms with Crippen molar-refractivity contribution in [2.24, 2.45) is 0 Å². The molecule has 0 aromatic carbocycles. The molecule has 1 atom stereocenters. The summed E-state index contributed by atoms with van der Waals surface area (Å²) in [6.45, 7) is 1.09. The first kappa shape index (κ1) is 11.7. The van der Waals surface area contributed by atoms with Gasteiger partial charge in [-0.2, -0.15) is 5.26 Å². The molecule has 18 heavy (non-hydrogen) atoms. The van der Waals surface area contributed by atoms with Crippen molar-refractivity contribution in [3.63, 3.8) is 0 Å². The van der Waals surface area contributed by atoms with E-state index in [0.717, 1.165) is 28.8 Å². The fourth-order valence-electron chi connectivity index (χ4n) is 2.53. The highest BCUT2D eigenvalue weighted by Crippen LogP contribution is 2.23. The zero-order valence-corrected chi connectivity index (χ0v) is 11.4. The van der Waals surface area contributed by atoms with E-state index in [1.165, 1.54) is 12.8 Å². The van der Waals surface area contributed by atoms with E-state index in [2.05, 4.69) is 32.3 Å². The number of imidazole rings is 1. The van der Waals surface area contributed by atoms with Crippen molar-refractivity contribution in [2.75, 3.05) is 6.54 Å². The van der Waals surface area contributed by atoms with E-state index in [9.17, 15) is 5.26 Å². The van der Waals surface area contributed by atoms with Gasteiger partial charge in [-0.25, -0.2) is 4.98 Å². The molecule has 1 fully saturated rings. The highest BCUT2D eigenvalue weighted by Gasteiger charge is 2.19. The van der Waals surface area contributed by atoms with E-state index in [0.29, 0.717) is 11.7 Å². The van der Waals surface area contributed by atoms with Crippen molar-refractivity contribution < 1.29 is 0 Å². The van der Waals surface area contributed by atoms with Crippen LogP contribution < -0.4 is 5.32 Å². The van der Waals surface area contributed by atoms with Crippen LogP contribution in [-0.4, -0.2) is 22.0 Å². The Balaban J connectivity index is 2.07. The largest absolute Gasteiger partial charge is 0.314 e. The van der Waals surface area contributed by atoms with Gasteiger partial charge in [0.2, 0.25) is 0 Å². The van der Waals surface area contributed by atoms with Crippen molar-refractivity contribution in [1.29, 1.82) is 5.26 Å². The number of nitrogens with one attached hydrogen (secondary N) is 1. The number of nitriles is 1. The van der Waals surface area contributed by atoms with E-state index < -0.39 is 0 Å². The van der Waals surface area contributed by atoms with Crippen molar-refractivity contribution in [2.45, 2.75) is 25.3 Å². The third-order valence-corrected chi connectivity index (χ3v) is 4.03. The maximum atomic E-state index is 9.17. The fraction of sp³-hybridized carbons (Fsp3) is 0.385. The molecule has 0 radical (unpaired) electrons. The van der Waals surface area contributed by atoms with Crippen molar-refractivity contribution >= 4 is 21.4 Å². The fourth-order valence-corrected chi connectivity index (χ4v) is 3.06. The lowest BCUT2D eigenvalue weighted by atomic mass is 10.1. The molecule has 3 heterocycles. The van der Waals surface area contributed by atoms with E-state index >= 15 is 0 Å². The predicted molar refractivity (Wildman–Crippen MR) is 72.3 cm³/mol. The van der Waals surface area contributed by atoms with Crippen LogP contribution >= 0.6 is 15.9 Å². The minimum Gasteiger partial charge on any atom is -0.314 e. The number of pyridine rings is 1. The summed E-state index contributed by atoms with van der Waals surface area (Å²) in [7, 11) is 0. The van der Waals surface area contributed by atoms with E-state index in [4.69, 9.17) is 0 Å². The number of aromatic nitrogens is 2. The predicted octanol–water partition coefficient (Wildman–Crippen LogP) is 2.26. The smallest absolute Gasteiger partial charge is 0.167 e. The molecule has 0 aliphatic carbocycles. The molecule has 2 aromatic heterocycles. The van der Waals surface area contributed by atoms with Crippen LogP contribution in [0.15, 0.2) is 22.8 Å². The summed E-state index contributed by atoms with van der Waals surface area (Å²) < 4.78 is 2.93. The maximum Gasteiger partial charge on any atom is 0.167 e. The number of fused-ring (bicyclic) bond motifs is 1. The first-order valence-electron chi connectivity index (χ1n) is 6.08. The van der Waals surface area contributed by atoms with Crippen LogP contribution in [0.5, 0.6) is 0 Å². The van der Waals surface area contributed by atoms with Gasteiger partial charge in [-0.15, -0.1) is 0 Å². The molecular formula is C13H13BrN4. The van der Waals surface area contributed by atoms with Gasteiger partial charge in [0.15, 0.2) is 5.69 Å². The van der Waals surface area contributed by atoms with Crippen LogP contribution in [0.25, 0.3) is 5.52 Å². The van der Waals surface area contributed by atoms with Crippen LogP contribution in [0.3, 0.4) is 0 Å². The van der Waals surface area contributed by atoms with E-state index in [-0.39, 0.29) is 0 Å². The summed E-state index contributed by atoms with van der Waals surface area (Å²) >= 11 is 3.49. The Morgan fingerprint density at radius 1 is 1.61 bits per heavy atom. The minimum atomic E-state index is 0.487. The molecule has 1 saturated heterocycles. The lowest BCUT2D eigenvalue weighted by Gasteiger charge is -2.08. The summed E-state index contributed by atoms with van der Waals surface area (Å²) in [6, 6.07) is 6.56. The lowest BCUT2D eigenvalue weighted by molar-refractivity contribution is 0.584. The van der Waals surface area contributed by atoms with Crippen LogP contribution in [-0.2, 0) is 6.42 Å². The highest BCUT2D eigenvalue weighted by atomic mass is 79.9. The molecular weight excluding hydrogens is 292 g/mol. The first-order valence-corrected chi connectivity index (χ1v) is 6.88.